The first kappa shape index (κ1) is 19.2. The van der Waals surface area contributed by atoms with Crippen molar-refractivity contribution in [1.29, 1.82) is 0 Å². The molecular weight excluding hydrogens is 364 g/mol. The fourth-order valence-electron chi connectivity index (χ4n) is 3.12. The van der Waals surface area contributed by atoms with Crippen LogP contribution in [-0.2, 0) is 11.2 Å². The van der Waals surface area contributed by atoms with Gasteiger partial charge in [0.25, 0.3) is 0 Å². The van der Waals surface area contributed by atoms with Gasteiger partial charge in [-0.3, -0.25) is 10.1 Å². The Kier molecular flexibility index (Phi) is 6.64. The number of urea groups is 1. The van der Waals surface area contributed by atoms with Gasteiger partial charge < -0.3 is 15.4 Å². The molecule has 1 aromatic heterocycles. The zero-order valence-electron chi connectivity index (χ0n) is 15.3. The molecule has 1 aliphatic rings. The normalized spacial score (nSPS) is 14.4. The van der Waals surface area contributed by atoms with Crippen LogP contribution in [0.4, 0.5) is 15.6 Å². The molecule has 0 bridgehead atoms. The van der Waals surface area contributed by atoms with Crippen molar-refractivity contribution in [2.45, 2.75) is 44.6 Å². The minimum Gasteiger partial charge on any atom is -0.495 e. The number of rotatable bonds is 6. The zero-order chi connectivity index (χ0) is 19.1. The average Bonchev–Trinajstić information content (AvgIpc) is 3.09. The van der Waals surface area contributed by atoms with E-state index in [-0.39, 0.29) is 24.4 Å². The molecule has 0 unspecified atom stereocenters. The number of nitrogens with one attached hydrogen (secondary N) is 3. The van der Waals surface area contributed by atoms with Crippen molar-refractivity contribution in [1.82, 2.24) is 10.3 Å². The van der Waals surface area contributed by atoms with Gasteiger partial charge >= 0.3 is 6.03 Å². The molecule has 1 heterocycles. The highest BCUT2D eigenvalue weighted by molar-refractivity contribution is 7.13. The number of hydrogen-bond acceptors (Lipinski definition) is 5. The maximum absolute atomic E-state index is 12.2. The number of nitrogens with zero attached hydrogens (tertiary/aromatic N) is 1. The van der Waals surface area contributed by atoms with Gasteiger partial charge in [0.15, 0.2) is 5.13 Å². The van der Waals surface area contributed by atoms with Crippen LogP contribution in [0, 0.1) is 0 Å². The number of thiazole rings is 1. The molecule has 1 fully saturated rings. The van der Waals surface area contributed by atoms with E-state index in [1.54, 1.807) is 24.6 Å². The van der Waals surface area contributed by atoms with Crippen LogP contribution in [0.1, 0.15) is 37.8 Å². The highest BCUT2D eigenvalue weighted by Crippen LogP contribution is 2.23. The lowest BCUT2D eigenvalue weighted by atomic mass is 9.96. The zero-order valence-corrected chi connectivity index (χ0v) is 16.1. The number of hydrogen-bond donors (Lipinski definition) is 3. The van der Waals surface area contributed by atoms with Crippen LogP contribution in [0.5, 0.6) is 5.75 Å². The van der Waals surface area contributed by atoms with Crippen molar-refractivity contribution in [3.63, 3.8) is 0 Å². The summed E-state index contributed by atoms with van der Waals surface area (Å²) in [5.74, 6) is 0.411. The first-order valence-corrected chi connectivity index (χ1v) is 9.97. The predicted octanol–water partition coefficient (Wildman–Crippen LogP) is 3.79. The minimum atomic E-state index is -0.235. The van der Waals surface area contributed by atoms with Gasteiger partial charge in [-0.15, -0.1) is 11.3 Å². The van der Waals surface area contributed by atoms with E-state index in [9.17, 15) is 9.59 Å². The highest BCUT2D eigenvalue weighted by atomic mass is 32.1. The molecule has 144 valence electrons. The molecule has 8 heteroatoms. The van der Waals surface area contributed by atoms with Crippen molar-refractivity contribution in [2.24, 2.45) is 0 Å². The molecule has 0 spiro atoms. The van der Waals surface area contributed by atoms with Gasteiger partial charge in [0.05, 0.1) is 24.9 Å². The quantitative estimate of drug-likeness (QED) is 0.702. The maximum atomic E-state index is 12.2. The number of aromatic nitrogens is 1. The minimum absolute atomic E-state index is 0.125. The molecule has 3 amide bonds. The summed E-state index contributed by atoms with van der Waals surface area (Å²) in [5, 5.41) is 10.8. The van der Waals surface area contributed by atoms with Crippen LogP contribution in [-0.4, -0.2) is 30.1 Å². The Hall–Kier alpha value is -2.61. The summed E-state index contributed by atoms with van der Waals surface area (Å²) in [6.07, 6.45) is 5.74. The topological polar surface area (TPSA) is 92.4 Å². The van der Waals surface area contributed by atoms with Gasteiger partial charge in [-0.05, 0) is 25.0 Å². The molecule has 3 N–H and O–H groups in total. The van der Waals surface area contributed by atoms with E-state index < -0.39 is 0 Å². The molecule has 3 rings (SSSR count). The molecule has 0 aliphatic heterocycles. The van der Waals surface area contributed by atoms with Crippen molar-refractivity contribution in [3.8, 4) is 5.75 Å². The Balaban J connectivity index is 1.49. The van der Waals surface area contributed by atoms with Crippen molar-refractivity contribution in [3.05, 3.63) is 35.3 Å². The largest absolute Gasteiger partial charge is 0.495 e. The van der Waals surface area contributed by atoms with Crippen LogP contribution in [0.25, 0.3) is 0 Å². The second-order valence-corrected chi connectivity index (χ2v) is 7.36. The molecule has 0 saturated heterocycles. The first-order chi connectivity index (χ1) is 13.1. The van der Waals surface area contributed by atoms with E-state index in [4.69, 9.17) is 4.74 Å². The van der Waals surface area contributed by atoms with E-state index in [1.165, 1.54) is 17.8 Å². The van der Waals surface area contributed by atoms with Gasteiger partial charge in [0.2, 0.25) is 5.91 Å². The van der Waals surface area contributed by atoms with Crippen LogP contribution in [0.2, 0.25) is 0 Å². The maximum Gasteiger partial charge on any atom is 0.321 e. The smallest absolute Gasteiger partial charge is 0.321 e. The molecule has 1 aromatic carbocycles. The number of para-hydroxylation sites is 2. The van der Waals surface area contributed by atoms with E-state index in [2.05, 4.69) is 20.9 Å². The monoisotopic (exact) mass is 388 g/mol. The SMILES string of the molecule is COc1ccccc1NC(=O)Cc1csc(NC(=O)NC2CCCCC2)n1. The Bertz CT molecular complexity index is 787. The van der Waals surface area contributed by atoms with Gasteiger partial charge in [0.1, 0.15) is 5.75 Å². The Morgan fingerprint density at radius 2 is 1.96 bits per heavy atom. The first-order valence-electron chi connectivity index (χ1n) is 9.09. The highest BCUT2D eigenvalue weighted by Gasteiger charge is 2.17. The molecule has 1 saturated carbocycles. The number of carbonyl (C=O) groups excluding carboxylic acids is 2. The van der Waals surface area contributed by atoms with Crippen LogP contribution >= 0.6 is 11.3 Å². The Labute approximate surface area is 162 Å². The van der Waals surface area contributed by atoms with Crippen LogP contribution in [0.3, 0.4) is 0 Å². The lowest BCUT2D eigenvalue weighted by Crippen LogP contribution is -2.39. The lowest BCUT2D eigenvalue weighted by Gasteiger charge is -2.22. The summed E-state index contributed by atoms with van der Waals surface area (Å²) in [5.41, 5.74) is 1.23. The van der Waals surface area contributed by atoms with E-state index in [0.717, 1.165) is 25.7 Å². The van der Waals surface area contributed by atoms with Crippen LogP contribution < -0.4 is 20.7 Å². The number of carbonyl (C=O) groups is 2. The molecule has 7 nitrogen and oxygen atoms in total. The summed E-state index contributed by atoms with van der Waals surface area (Å²) in [6.45, 7) is 0. The molecule has 2 aromatic rings. The van der Waals surface area contributed by atoms with Gasteiger partial charge in [-0.25, -0.2) is 9.78 Å². The summed E-state index contributed by atoms with van der Waals surface area (Å²) < 4.78 is 5.22. The standard InChI is InChI=1S/C19H24N4O3S/c1-26-16-10-6-5-9-15(16)22-17(24)11-14-12-27-19(21-14)23-18(25)20-13-7-3-2-4-8-13/h5-6,9-10,12-13H,2-4,7-8,11H2,1H3,(H,22,24)(H2,20,21,23,25). The average molecular weight is 388 g/mol. The summed E-state index contributed by atoms with van der Waals surface area (Å²) in [6, 6.07) is 7.23. The molecule has 27 heavy (non-hydrogen) atoms. The van der Waals surface area contributed by atoms with Crippen molar-refractivity contribution >= 4 is 34.1 Å². The number of methoxy groups -OCH3 is 1. The molecule has 1 aliphatic carbocycles. The second-order valence-electron chi connectivity index (χ2n) is 6.50. The van der Waals surface area contributed by atoms with Gasteiger partial charge in [-0.1, -0.05) is 31.4 Å². The van der Waals surface area contributed by atoms with Crippen LogP contribution in [0.15, 0.2) is 29.6 Å². The Morgan fingerprint density at radius 1 is 1.19 bits per heavy atom. The van der Waals surface area contributed by atoms with E-state index in [0.29, 0.717) is 22.3 Å². The predicted molar refractivity (Wildman–Crippen MR) is 106 cm³/mol. The third-order valence-electron chi connectivity index (χ3n) is 4.44. The Morgan fingerprint density at radius 3 is 2.74 bits per heavy atom. The lowest BCUT2D eigenvalue weighted by molar-refractivity contribution is -0.115. The van der Waals surface area contributed by atoms with Gasteiger partial charge in [0, 0.05) is 11.4 Å². The van der Waals surface area contributed by atoms with E-state index in [1.807, 2.05) is 12.1 Å². The number of ether oxygens (including phenoxy) is 1. The summed E-state index contributed by atoms with van der Waals surface area (Å²) >= 11 is 1.31. The molecule has 0 atom stereocenters. The third kappa shape index (κ3) is 5.68. The number of benzene rings is 1. The number of amides is 3. The second kappa shape index (κ2) is 9.36. The van der Waals surface area contributed by atoms with E-state index >= 15 is 0 Å². The van der Waals surface area contributed by atoms with Crippen molar-refractivity contribution < 1.29 is 14.3 Å². The summed E-state index contributed by atoms with van der Waals surface area (Å²) in [7, 11) is 1.56. The molecule has 0 radical (unpaired) electrons. The third-order valence-corrected chi connectivity index (χ3v) is 5.24. The summed E-state index contributed by atoms with van der Waals surface area (Å²) in [4.78, 5) is 28.6. The van der Waals surface area contributed by atoms with Gasteiger partial charge in [-0.2, -0.15) is 0 Å². The van der Waals surface area contributed by atoms with Crippen molar-refractivity contribution in [2.75, 3.05) is 17.7 Å². The fourth-order valence-corrected chi connectivity index (χ4v) is 3.82. The molecular formula is C19H24N4O3S. The fraction of sp³-hybridized carbons (Fsp3) is 0.421. The number of anilines is 2.